The van der Waals surface area contributed by atoms with Crippen LogP contribution in [-0.4, -0.2) is 77.4 Å². The van der Waals surface area contributed by atoms with Gasteiger partial charge in [0, 0.05) is 32.0 Å². The Bertz CT molecular complexity index is 407. The minimum atomic E-state index is 0.162. The van der Waals surface area contributed by atoms with Crippen LogP contribution in [0.3, 0.4) is 0 Å². The molecule has 1 aliphatic heterocycles. The number of carbonyl (C=O) groups is 1. The normalized spacial score (nSPS) is 20.1. The van der Waals surface area contributed by atoms with Crippen molar-refractivity contribution in [2.75, 3.05) is 46.9 Å². The Hall–Kier alpha value is -1.47. The van der Waals surface area contributed by atoms with E-state index in [2.05, 4.69) is 15.0 Å². The number of rotatable bonds is 5. The second kappa shape index (κ2) is 7.35. The standard InChI is InChI=1S/C13H23N5O2/c1-16(2)7-12-8-17(5-6-20-9-12)13(19)3-4-18-11-14-10-15-18/h10-12H,3-9H2,1-2H3/t12-/m0/s1. The lowest BCUT2D eigenvalue weighted by Crippen LogP contribution is -2.39. The molecule has 2 heterocycles. The van der Waals surface area contributed by atoms with Crippen LogP contribution in [0.5, 0.6) is 0 Å². The average Bonchev–Trinajstić information content (AvgIpc) is 2.81. The van der Waals surface area contributed by atoms with Crippen LogP contribution >= 0.6 is 0 Å². The van der Waals surface area contributed by atoms with Crippen molar-refractivity contribution in [2.24, 2.45) is 5.92 Å². The van der Waals surface area contributed by atoms with Gasteiger partial charge in [-0.1, -0.05) is 0 Å². The molecule has 1 fully saturated rings. The number of hydrogen-bond acceptors (Lipinski definition) is 5. The predicted molar refractivity (Wildman–Crippen MR) is 74.1 cm³/mol. The van der Waals surface area contributed by atoms with Crippen LogP contribution in [0.25, 0.3) is 0 Å². The summed E-state index contributed by atoms with van der Waals surface area (Å²) in [6.07, 6.45) is 3.57. The van der Waals surface area contributed by atoms with E-state index in [1.807, 2.05) is 19.0 Å². The zero-order valence-corrected chi connectivity index (χ0v) is 12.2. The minimum absolute atomic E-state index is 0.162. The Kier molecular flexibility index (Phi) is 5.49. The number of carbonyl (C=O) groups excluding carboxylic acids is 1. The van der Waals surface area contributed by atoms with Crippen LogP contribution in [-0.2, 0) is 16.1 Å². The highest BCUT2D eigenvalue weighted by atomic mass is 16.5. The molecule has 0 bridgehead atoms. The average molecular weight is 281 g/mol. The van der Waals surface area contributed by atoms with Gasteiger partial charge in [-0.15, -0.1) is 0 Å². The molecule has 0 N–H and O–H groups in total. The van der Waals surface area contributed by atoms with Crippen molar-refractivity contribution in [3.8, 4) is 0 Å². The quantitative estimate of drug-likeness (QED) is 0.742. The first-order valence-corrected chi connectivity index (χ1v) is 6.98. The zero-order chi connectivity index (χ0) is 14.4. The van der Waals surface area contributed by atoms with E-state index in [0.717, 1.165) is 19.7 Å². The molecule has 0 radical (unpaired) electrons. The van der Waals surface area contributed by atoms with E-state index in [1.54, 1.807) is 11.0 Å². The monoisotopic (exact) mass is 281 g/mol. The molecule has 0 unspecified atom stereocenters. The number of aromatic nitrogens is 3. The van der Waals surface area contributed by atoms with Gasteiger partial charge in [-0.3, -0.25) is 9.48 Å². The summed E-state index contributed by atoms with van der Waals surface area (Å²) in [5.74, 6) is 0.539. The van der Waals surface area contributed by atoms with Crippen LogP contribution in [0.15, 0.2) is 12.7 Å². The fourth-order valence-electron chi connectivity index (χ4n) is 2.45. The van der Waals surface area contributed by atoms with Crippen LogP contribution < -0.4 is 0 Å². The number of ether oxygens (including phenoxy) is 1. The fraction of sp³-hybridized carbons (Fsp3) is 0.769. The molecule has 20 heavy (non-hydrogen) atoms. The Morgan fingerprint density at radius 2 is 2.35 bits per heavy atom. The predicted octanol–water partition coefficient (Wildman–Crippen LogP) is -0.295. The molecular formula is C13H23N5O2. The van der Waals surface area contributed by atoms with Crippen LogP contribution in [0.1, 0.15) is 6.42 Å². The van der Waals surface area contributed by atoms with Gasteiger partial charge >= 0.3 is 0 Å². The van der Waals surface area contributed by atoms with Crippen molar-refractivity contribution >= 4 is 5.91 Å². The van der Waals surface area contributed by atoms with Crippen molar-refractivity contribution in [1.82, 2.24) is 24.6 Å². The Morgan fingerprint density at radius 3 is 3.05 bits per heavy atom. The smallest absolute Gasteiger partial charge is 0.224 e. The van der Waals surface area contributed by atoms with Gasteiger partial charge in [0.2, 0.25) is 5.91 Å². The highest BCUT2D eigenvalue weighted by Gasteiger charge is 2.22. The lowest BCUT2D eigenvalue weighted by Gasteiger charge is -2.25. The lowest BCUT2D eigenvalue weighted by atomic mass is 10.1. The number of hydrogen-bond donors (Lipinski definition) is 0. The van der Waals surface area contributed by atoms with Gasteiger partial charge in [-0.2, -0.15) is 5.10 Å². The molecular weight excluding hydrogens is 258 g/mol. The van der Waals surface area contributed by atoms with Gasteiger partial charge in [0.05, 0.1) is 19.8 Å². The van der Waals surface area contributed by atoms with E-state index >= 15 is 0 Å². The zero-order valence-electron chi connectivity index (χ0n) is 12.2. The van der Waals surface area contributed by atoms with Crippen molar-refractivity contribution in [2.45, 2.75) is 13.0 Å². The minimum Gasteiger partial charge on any atom is -0.379 e. The Labute approximate surface area is 119 Å². The van der Waals surface area contributed by atoms with Crippen LogP contribution in [0, 0.1) is 5.92 Å². The van der Waals surface area contributed by atoms with Crippen molar-refractivity contribution < 1.29 is 9.53 Å². The number of aryl methyl sites for hydroxylation is 1. The number of amides is 1. The van der Waals surface area contributed by atoms with Crippen LogP contribution in [0.2, 0.25) is 0 Å². The van der Waals surface area contributed by atoms with E-state index in [-0.39, 0.29) is 5.91 Å². The number of nitrogens with zero attached hydrogens (tertiary/aromatic N) is 5. The summed E-state index contributed by atoms with van der Waals surface area (Å²) in [7, 11) is 4.09. The molecule has 1 aromatic heterocycles. The second-order valence-electron chi connectivity index (χ2n) is 5.45. The molecule has 1 atom stereocenters. The summed E-state index contributed by atoms with van der Waals surface area (Å²) in [5, 5.41) is 4.01. The summed E-state index contributed by atoms with van der Waals surface area (Å²) < 4.78 is 7.27. The summed E-state index contributed by atoms with van der Waals surface area (Å²) in [6.45, 7) is 4.32. The van der Waals surface area contributed by atoms with Gasteiger partial charge in [-0.05, 0) is 14.1 Å². The SMILES string of the molecule is CN(C)C[C@@H]1COCCN(C(=O)CCn2cncn2)C1. The molecule has 112 valence electrons. The Morgan fingerprint density at radius 1 is 1.50 bits per heavy atom. The van der Waals surface area contributed by atoms with E-state index in [9.17, 15) is 4.79 Å². The van der Waals surface area contributed by atoms with Gasteiger partial charge in [0.25, 0.3) is 0 Å². The molecule has 7 nitrogen and oxygen atoms in total. The van der Waals surface area contributed by atoms with Gasteiger partial charge in [0.15, 0.2) is 0 Å². The Balaban J connectivity index is 1.83. The van der Waals surface area contributed by atoms with Crippen LogP contribution in [0.4, 0.5) is 0 Å². The highest BCUT2D eigenvalue weighted by Crippen LogP contribution is 2.09. The molecule has 0 saturated carbocycles. The molecule has 1 aliphatic rings. The third-order valence-electron chi connectivity index (χ3n) is 3.34. The summed E-state index contributed by atoms with van der Waals surface area (Å²) in [5.41, 5.74) is 0. The first-order valence-electron chi connectivity index (χ1n) is 6.98. The molecule has 1 saturated heterocycles. The molecule has 2 rings (SSSR count). The van der Waals surface area contributed by atoms with Gasteiger partial charge in [0.1, 0.15) is 12.7 Å². The summed E-state index contributed by atoms with van der Waals surface area (Å²) >= 11 is 0. The largest absolute Gasteiger partial charge is 0.379 e. The highest BCUT2D eigenvalue weighted by molar-refractivity contribution is 5.76. The van der Waals surface area contributed by atoms with E-state index in [1.165, 1.54) is 6.33 Å². The summed E-state index contributed by atoms with van der Waals surface area (Å²) in [6, 6.07) is 0. The van der Waals surface area contributed by atoms with E-state index < -0.39 is 0 Å². The lowest BCUT2D eigenvalue weighted by molar-refractivity contribution is -0.131. The van der Waals surface area contributed by atoms with Gasteiger partial charge < -0.3 is 14.5 Å². The maximum absolute atomic E-state index is 12.3. The van der Waals surface area contributed by atoms with Crippen molar-refractivity contribution in [3.63, 3.8) is 0 Å². The van der Waals surface area contributed by atoms with Gasteiger partial charge in [-0.25, -0.2) is 4.98 Å². The first kappa shape index (κ1) is 14.9. The maximum Gasteiger partial charge on any atom is 0.224 e. The van der Waals surface area contributed by atoms with E-state index in [4.69, 9.17) is 4.74 Å². The molecule has 0 spiro atoms. The first-order chi connectivity index (χ1) is 9.65. The van der Waals surface area contributed by atoms with E-state index in [0.29, 0.717) is 32.0 Å². The maximum atomic E-state index is 12.3. The fourth-order valence-corrected chi connectivity index (χ4v) is 2.45. The summed E-state index contributed by atoms with van der Waals surface area (Å²) in [4.78, 5) is 20.2. The molecule has 1 amide bonds. The third-order valence-corrected chi connectivity index (χ3v) is 3.34. The molecule has 7 heteroatoms. The van der Waals surface area contributed by atoms with Crippen molar-refractivity contribution in [3.05, 3.63) is 12.7 Å². The second-order valence-corrected chi connectivity index (χ2v) is 5.45. The molecule has 1 aromatic rings. The third kappa shape index (κ3) is 4.57. The molecule has 0 aliphatic carbocycles. The molecule has 0 aromatic carbocycles. The van der Waals surface area contributed by atoms with Crippen molar-refractivity contribution in [1.29, 1.82) is 0 Å². The topological polar surface area (TPSA) is 63.5 Å².